The predicted molar refractivity (Wildman–Crippen MR) is 227 cm³/mol. The Labute approximate surface area is 354 Å². The van der Waals surface area contributed by atoms with Crippen LogP contribution < -0.4 is 19.9 Å². The van der Waals surface area contributed by atoms with E-state index in [0.29, 0.717) is 55.4 Å². The number of halogens is 2. The van der Waals surface area contributed by atoms with E-state index < -0.39 is 17.0 Å². The first-order valence-electron chi connectivity index (χ1n) is 22.3. The number of aromatic nitrogens is 4. The molecule has 61 heavy (non-hydrogen) atoms. The smallest absolute Gasteiger partial charge is 0.255 e. The monoisotopic (exact) mass is 835 g/mol. The van der Waals surface area contributed by atoms with Crippen molar-refractivity contribution in [3.8, 4) is 17.1 Å². The molecule has 4 saturated heterocycles. The molecular weight excluding hydrogens is 781 g/mol. The molecule has 2 amide bonds. The molecule has 4 aromatic rings. The Morgan fingerprint density at radius 1 is 0.902 bits per heavy atom. The molecule has 2 N–H and O–H groups in total. The number of aldehydes is 1. The highest BCUT2D eigenvalue weighted by molar-refractivity contribution is 6.01. The largest absolute Gasteiger partial charge is 0.488 e. The maximum atomic E-state index is 16.4. The van der Waals surface area contributed by atoms with Crippen LogP contribution in [0.3, 0.4) is 0 Å². The van der Waals surface area contributed by atoms with E-state index >= 15 is 8.78 Å². The molecule has 1 atom stereocenters. The van der Waals surface area contributed by atoms with Gasteiger partial charge in [0, 0.05) is 81.4 Å². The molecule has 13 nitrogen and oxygen atoms in total. The Hall–Kier alpha value is -5.18. The molecule has 5 aliphatic heterocycles. The van der Waals surface area contributed by atoms with E-state index in [1.54, 1.807) is 18.5 Å². The predicted octanol–water partition coefficient (Wildman–Crippen LogP) is 6.22. The van der Waals surface area contributed by atoms with Crippen molar-refractivity contribution < 1.29 is 27.9 Å². The number of nitrogens with one attached hydrogen (secondary N) is 2. The van der Waals surface area contributed by atoms with Gasteiger partial charge in [-0.15, -0.1) is 0 Å². The number of nitrogens with zero attached hydrogens (tertiary/aromatic N) is 7. The van der Waals surface area contributed by atoms with Gasteiger partial charge >= 0.3 is 0 Å². The van der Waals surface area contributed by atoms with Crippen LogP contribution in [0, 0.1) is 17.7 Å². The van der Waals surface area contributed by atoms with Crippen LogP contribution in [0.25, 0.3) is 22.3 Å². The van der Waals surface area contributed by atoms with Crippen molar-refractivity contribution in [2.24, 2.45) is 11.8 Å². The van der Waals surface area contributed by atoms with Crippen molar-refractivity contribution in [1.29, 1.82) is 0 Å². The Bertz CT molecular complexity index is 2320. The summed E-state index contributed by atoms with van der Waals surface area (Å²) in [5, 5.41) is 11.4. The second-order valence-corrected chi connectivity index (χ2v) is 18.9. The molecule has 10 rings (SSSR count). The van der Waals surface area contributed by atoms with Crippen LogP contribution in [0.1, 0.15) is 93.5 Å². The van der Waals surface area contributed by atoms with Gasteiger partial charge in [-0.3, -0.25) is 14.7 Å². The third-order valence-corrected chi connectivity index (χ3v) is 14.7. The summed E-state index contributed by atoms with van der Waals surface area (Å²) in [6.07, 6.45) is 10.2. The lowest BCUT2D eigenvalue weighted by Crippen LogP contribution is -2.60. The maximum absolute atomic E-state index is 16.4. The van der Waals surface area contributed by atoms with E-state index in [4.69, 9.17) is 4.74 Å². The fraction of sp³-hybridized carbons (Fsp3) is 0.565. The molecule has 1 aliphatic carbocycles. The number of alkyl halides is 1. The van der Waals surface area contributed by atoms with E-state index in [1.807, 2.05) is 24.3 Å². The first-order valence-corrected chi connectivity index (χ1v) is 22.3. The van der Waals surface area contributed by atoms with Crippen LogP contribution in [0.5, 0.6) is 5.75 Å². The van der Waals surface area contributed by atoms with Gasteiger partial charge in [-0.2, -0.15) is 5.10 Å². The lowest BCUT2D eigenvalue weighted by molar-refractivity contribution is -0.128. The normalized spacial score (nSPS) is 24.5. The van der Waals surface area contributed by atoms with E-state index in [0.717, 1.165) is 111 Å². The van der Waals surface area contributed by atoms with Crippen LogP contribution in [-0.2, 0) is 16.1 Å². The fourth-order valence-electron chi connectivity index (χ4n) is 10.5. The first-order chi connectivity index (χ1) is 29.5. The van der Waals surface area contributed by atoms with E-state index in [2.05, 4.69) is 47.1 Å². The number of piperidine rings is 4. The molecule has 6 aliphatic rings. The molecule has 0 spiro atoms. The molecule has 2 aromatic heterocycles. The lowest BCUT2D eigenvalue weighted by atomic mass is 9.80. The van der Waals surface area contributed by atoms with Crippen molar-refractivity contribution in [3.63, 3.8) is 0 Å². The number of carbonyl (C=O) groups excluding carboxylic acids is 3. The Morgan fingerprint density at radius 2 is 1.66 bits per heavy atom. The van der Waals surface area contributed by atoms with Crippen molar-refractivity contribution >= 4 is 40.5 Å². The van der Waals surface area contributed by atoms with Gasteiger partial charge in [-0.05, 0) is 113 Å². The summed E-state index contributed by atoms with van der Waals surface area (Å²) in [5.74, 6) is 1.56. The van der Waals surface area contributed by atoms with Gasteiger partial charge in [0.05, 0.1) is 23.4 Å². The number of hydrogen-bond acceptors (Lipinski definition) is 10. The summed E-state index contributed by atoms with van der Waals surface area (Å²) < 4.78 is 38.7. The lowest BCUT2D eigenvalue weighted by Gasteiger charge is -2.42. The molecule has 2 aromatic carbocycles. The second-order valence-electron chi connectivity index (χ2n) is 18.9. The average Bonchev–Trinajstić information content (AvgIpc) is 3.68. The number of anilines is 2. The molecule has 0 bridgehead atoms. The number of fused-ring (bicyclic) bond motifs is 2. The highest BCUT2D eigenvalue weighted by Gasteiger charge is 2.47. The zero-order valence-corrected chi connectivity index (χ0v) is 34.9. The highest BCUT2D eigenvalue weighted by Crippen LogP contribution is 2.42. The van der Waals surface area contributed by atoms with Crippen LogP contribution in [-0.4, -0.2) is 117 Å². The summed E-state index contributed by atoms with van der Waals surface area (Å²) in [6.45, 7) is 7.67. The van der Waals surface area contributed by atoms with E-state index in [-0.39, 0.29) is 48.9 Å². The summed E-state index contributed by atoms with van der Waals surface area (Å²) in [7, 11) is 0. The molecule has 1 unspecified atom stereocenters. The maximum Gasteiger partial charge on any atom is 0.255 e. The number of benzene rings is 2. The molecule has 0 radical (unpaired) electrons. The fourth-order valence-corrected chi connectivity index (χ4v) is 10.5. The summed E-state index contributed by atoms with van der Waals surface area (Å²) >= 11 is 0. The van der Waals surface area contributed by atoms with Gasteiger partial charge in [0.15, 0.2) is 5.82 Å². The number of likely N-dealkylation sites (tertiary alicyclic amines) is 1. The molecular formula is C46H55F2N9O4. The second kappa shape index (κ2) is 15.6. The van der Waals surface area contributed by atoms with Gasteiger partial charge < -0.3 is 34.4 Å². The number of H-pyrrole nitrogens is 1. The van der Waals surface area contributed by atoms with Crippen LogP contribution in [0.4, 0.5) is 20.3 Å². The van der Waals surface area contributed by atoms with Crippen molar-refractivity contribution in [3.05, 3.63) is 59.7 Å². The molecule has 5 fully saturated rings. The Kier molecular flexibility index (Phi) is 10.2. The van der Waals surface area contributed by atoms with Gasteiger partial charge in [-0.25, -0.2) is 18.7 Å². The van der Waals surface area contributed by atoms with E-state index in [9.17, 15) is 14.4 Å². The SMILES string of the molecule is CC1(Oc2ccc3[nH]nc(-c4cc(N5CCC(CC6(F)CCN(CC7CCN(c8ccc9c(c8F)CN(C8(C=O)CCC(=O)NC8)C9=O)CC7)CC6)CC5)ncn4)c3c2)CC1. The molecule has 15 heteroatoms. The number of amides is 2. The molecule has 7 heterocycles. The Morgan fingerprint density at radius 3 is 2.38 bits per heavy atom. The third kappa shape index (κ3) is 7.82. The van der Waals surface area contributed by atoms with Crippen LogP contribution >= 0.6 is 0 Å². The first kappa shape index (κ1) is 39.9. The van der Waals surface area contributed by atoms with Crippen LogP contribution in [0.2, 0.25) is 0 Å². The highest BCUT2D eigenvalue weighted by atomic mass is 19.1. The average molecular weight is 836 g/mol. The third-order valence-electron chi connectivity index (χ3n) is 14.7. The number of hydrogen-bond donors (Lipinski definition) is 2. The van der Waals surface area contributed by atoms with Crippen molar-refractivity contribution in [2.45, 2.75) is 101 Å². The van der Waals surface area contributed by atoms with Gasteiger partial charge in [0.2, 0.25) is 5.91 Å². The minimum atomic E-state index is -1.16. The summed E-state index contributed by atoms with van der Waals surface area (Å²) in [4.78, 5) is 54.8. The van der Waals surface area contributed by atoms with Crippen molar-refractivity contribution in [2.75, 3.05) is 62.2 Å². The number of carbonyl (C=O) groups is 3. The van der Waals surface area contributed by atoms with E-state index in [1.165, 1.54) is 4.90 Å². The van der Waals surface area contributed by atoms with Crippen molar-refractivity contribution in [1.82, 2.24) is 35.3 Å². The zero-order valence-electron chi connectivity index (χ0n) is 34.9. The Balaban J connectivity index is 0.683. The zero-order chi connectivity index (χ0) is 41.9. The minimum Gasteiger partial charge on any atom is -0.488 e. The number of rotatable bonds is 11. The van der Waals surface area contributed by atoms with Gasteiger partial charge in [-0.1, -0.05) is 0 Å². The quantitative estimate of drug-likeness (QED) is 0.168. The summed E-state index contributed by atoms with van der Waals surface area (Å²) in [6, 6.07) is 11.4. The number of aromatic amines is 1. The standard InChI is InChI=1S/C46H55F2N9O4/c1-44(12-13-44)61-32-2-4-36-34(22-32)42(53-52-36)37-23-39(51-29-50-37)56-18-7-30(8-19-56)24-45(48)14-20-54(21-15-45)25-31-9-16-55(17-10-31)38-5-3-33-35(41(38)47)26-57(43(33)60)46(28-58)11-6-40(59)49-27-46/h2-5,22-23,28-31H,6-21,24-27H2,1H3,(H,49,59)(H,52,53). The molecule has 1 saturated carbocycles. The topological polar surface area (TPSA) is 140 Å². The number of ether oxygens (including phenoxy) is 1. The minimum absolute atomic E-state index is 0.00936. The summed E-state index contributed by atoms with van der Waals surface area (Å²) in [5.41, 5.74) is 1.18. The van der Waals surface area contributed by atoms with Crippen LogP contribution in [0.15, 0.2) is 42.7 Å². The van der Waals surface area contributed by atoms with Gasteiger partial charge in [0.1, 0.15) is 46.7 Å². The van der Waals surface area contributed by atoms with Gasteiger partial charge in [0.25, 0.3) is 5.91 Å². The molecule has 322 valence electrons.